The molecule has 0 unspecified atom stereocenters. The van der Waals surface area contributed by atoms with Crippen LogP contribution in [0, 0.1) is 11.6 Å². The van der Waals surface area contributed by atoms with Crippen molar-refractivity contribution in [2.24, 2.45) is 0 Å². The van der Waals surface area contributed by atoms with Crippen molar-refractivity contribution in [3.63, 3.8) is 0 Å². The Labute approximate surface area is 95.6 Å². The van der Waals surface area contributed by atoms with Gasteiger partial charge >= 0.3 is 0 Å². The van der Waals surface area contributed by atoms with Crippen LogP contribution in [0.4, 0.5) is 0 Å². The fourth-order valence-corrected chi connectivity index (χ4v) is 1.78. The van der Waals surface area contributed by atoms with Gasteiger partial charge in [-0.3, -0.25) is 0 Å². The van der Waals surface area contributed by atoms with Crippen LogP contribution in [0.5, 0.6) is 0 Å². The molecule has 3 heteroatoms. The summed E-state index contributed by atoms with van der Waals surface area (Å²) in [6.45, 7) is 2.08. The summed E-state index contributed by atoms with van der Waals surface area (Å²) in [6.07, 6.45) is 6.42. The number of thiocarbonyl (C=S) groups is 1. The number of hydrogen-bond donors (Lipinski definition) is 1. The van der Waals surface area contributed by atoms with E-state index in [0.29, 0.717) is 0 Å². The van der Waals surface area contributed by atoms with E-state index >= 15 is 0 Å². The van der Waals surface area contributed by atoms with Crippen LogP contribution in [0.2, 0.25) is 0 Å². The van der Waals surface area contributed by atoms with E-state index in [-0.39, 0.29) is 0 Å². The summed E-state index contributed by atoms with van der Waals surface area (Å²) < 4.78 is 0.859. The Kier molecular flexibility index (Phi) is 4.98. The van der Waals surface area contributed by atoms with Gasteiger partial charge in [-0.25, -0.2) is 0 Å². The van der Waals surface area contributed by atoms with Crippen molar-refractivity contribution >= 4 is 29.8 Å². The SMILES string of the molecule is Cc1c(CCCCC=S)cc[nH]c1=S. The van der Waals surface area contributed by atoms with Gasteiger partial charge in [0.25, 0.3) is 0 Å². The molecule has 0 amide bonds. The average Bonchev–Trinajstić information content (AvgIpc) is 2.19. The van der Waals surface area contributed by atoms with Crippen molar-refractivity contribution in [1.82, 2.24) is 4.98 Å². The summed E-state index contributed by atoms with van der Waals surface area (Å²) in [5.41, 5.74) is 2.57. The number of hydrogen-bond acceptors (Lipinski definition) is 2. The van der Waals surface area contributed by atoms with Crippen LogP contribution in [0.1, 0.15) is 30.4 Å². The molecule has 0 aliphatic rings. The predicted octanol–water partition coefficient (Wildman–Crippen LogP) is 3.77. The second kappa shape index (κ2) is 6.04. The zero-order valence-corrected chi connectivity index (χ0v) is 10.0. The highest BCUT2D eigenvalue weighted by atomic mass is 32.1. The van der Waals surface area contributed by atoms with Crippen molar-refractivity contribution in [1.29, 1.82) is 0 Å². The zero-order chi connectivity index (χ0) is 10.4. The van der Waals surface area contributed by atoms with Crippen LogP contribution < -0.4 is 0 Å². The van der Waals surface area contributed by atoms with Gasteiger partial charge in [0.05, 0.1) is 0 Å². The number of pyridine rings is 1. The van der Waals surface area contributed by atoms with Crippen LogP contribution in [-0.4, -0.2) is 10.4 Å². The summed E-state index contributed by atoms with van der Waals surface area (Å²) in [7, 11) is 0. The summed E-state index contributed by atoms with van der Waals surface area (Å²) in [6, 6.07) is 2.11. The lowest BCUT2D eigenvalue weighted by molar-refractivity contribution is 0.764. The summed E-state index contributed by atoms with van der Waals surface area (Å²) in [5, 5.41) is 1.81. The van der Waals surface area contributed by atoms with Crippen molar-refractivity contribution in [2.45, 2.75) is 32.6 Å². The fourth-order valence-electron chi connectivity index (χ4n) is 1.41. The number of nitrogens with one attached hydrogen (secondary N) is 1. The second-order valence-electron chi connectivity index (χ2n) is 3.37. The van der Waals surface area contributed by atoms with E-state index in [9.17, 15) is 0 Å². The minimum atomic E-state index is 0.859. The van der Waals surface area contributed by atoms with Crippen molar-refractivity contribution < 1.29 is 0 Å². The molecule has 0 fully saturated rings. The molecule has 76 valence electrons. The normalized spacial score (nSPS) is 10.1. The molecular weight excluding hydrogens is 210 g/mol. The third-order valence-corrected chi connectivity index (χ3v) is 3.00. The Morgan fingerprint density at radius 3 is 2.93 bits per heavy atom. The lowest BCUT2D eigenvalue weighted by Crippen LogP contribution is -1.92. The van der Waals surface area contributed by atoms with Gasteiger partial charge in [0, 0.05) is 6.20 Å². The molecule has 1 aromatic rings. The van der Waals surface area contributed by atoms with Crippen LogP contribution >= 0.6 is 24.4 Å². The molecule has 0 saturated heterocycles. The van der Waals surface area contributed by atoms with E-state index in [2.05, 4.69) is 18.0 Å². The highest BCUT2D eigenvalue weighted by molar-refractivity contribution is 7.78. The Balaban J connectivity index is 2.54. The Morgan fingerprint density at radius 1 is 1.43 bits per heavy atom. The molecule has 0 aliphatic heterocycles. The summed E-state index contributed by atoms with van der Waals surface area (Å²) >= 11 is 9.95. The number of aryl methyl sites for hydroxylation is 1. The van der Waals surface area contributed by atoms with Gasteiger partial charge in [-0.15, -0.1) is 0 Å². The zero-order valence-electron chi connectivity index (χ0n) is 8.38. The van der Waals surface area contributed by atoms with Gasteiger partial charge in [0.1, 0.15) is 4.64 Å². The van der Waals surface area contributed by atoms with Crippen molar-refractivity contribution in [2.75, 3.05) is 0 Å². The van der Waals surface area contributed by atoms with Gasteiger partial charge in [-0.05, 0) is 55.2 Å². The smallest absolute Gasteiger partial charge is 0.106 e. The lowest BCUT2D eigenvalue weighted by Gasteiger charge is -2.04. The number of rotatable bonds is 5. The highest BCUT2D eigenvalue weighted by Crippen LogP contribution is 2.11. The first-order valence-corrected chi connectivity index (χ1v) is 5.74. The Hall–Kier alpha value is -0.540. The second-order valence-corrected chi connectivity index (χ2v) is 4.11. The third kappa shape index (κ3) is 3.31. The lowest BCUT2D eigenvalue weighted by atomic mass is 10.0. The summed E-state index contributed by atoms with van der Waals surface area (Å²) in [4.78, 5) is 3.03. The van der Waals surface area contributed by atoms with Crippen molar-refractivity contribution in [3.8, 4) is 0 Å². The minimum absolute atomic E-state index is 0.859. The Morgan fingerprint density at radius 2 is 2.21 bits per heavy atom. The maximum atomic E-state index is 5.16. The summed E-state index contributed by atoms with van der Waals surface area (Å²) in [5.74, 6) is 0. The van der Waals surface area contributed by atoms with Crippen molar-refractivity contribution in [3.05, 3.63) is 28.0 Å². The first-order valence-electron chi connectivity index (χ1n) is 4.86. The van der Waals surface area contributed by atoms with E-state index in [1.807, 2.05) is 11.6 Å². The third-order valence-electron chi connectivity index (χ3n) is 2.34. The molecule has 0 spiro atoms. The van der Waals surface area contributed by atoms with Gasteiger partial charge in [0.2, 0.25) is 0 Å². The Bertz CT molecular complexity index is 355. The number of aromatic amines is 1. The highest BCUT2D eigenvalue weighted by Gasteiger charge is 1.98. The topological polar surface area (TPSA) is 15.8 Å². The first kappa shape index (κ1) is 11.5. The van der Waals surface area contributed by atoms with Gasteiger partial charge in [-0.2, -0.15) is 0 Å². The monoisotopic (exact) mass is 225 g/mol. The molecule has 0 atom stereocenters. The number of aromatic nitrogens is 1. The molecule has 1 rings (SSSR count). The van der Waals surface area contributed by atoms with E-state index in [1.54, 1.807) is 0 Å². The molecule has 1 aromatic heterocycles. The van der Waals surface area contributed by atoms with Crippen LogP contribution in [0.3, 0.4) is 0 Å². The maximum absolute atomic E-state index is 5.16. The standard InChI is InChI=1S/C11H15NS2/c1-9-10(5-3-2-4-8-13)6-7-12-11(9)14/h6-8H,2-5H2,1H3,(H,12,14). The number of H-pyrrole nitrogens is 1. The van der Waals surface area contributed by atoms with Crippen LogP contribution in [0.25, 0.3) is 0 Å². The van der Waals surface area contributed by atoms with Gasteiger partial charge in [-0.1, -0.05) is 24.4 Å². The molecule has 1 N–H and O–H groups in total. The minimum Gasteiger partial charge on any atom is -0.353 e. The van der Waals surface area contributed by atoms with Gasteiger partial charge < -0.3 is 4.98 Å². The molecular formula is C11H15NS2. The predicted molar refractivity (Wildman–Crippen MR) is 67.6 cm³/mol. The molecule has 0 bridgehead atoms. The molecule has 1 heterocycles. The van der Waals surface area contributed by atoms with E-state index in [4.69, 9.17) is 24.4 Å². The van der Waals surface area contributed by atoms with E-state index < -0.39 is 0 Å². The maximum Gasteiger partial charge on any atom is 0.106 e. The molecule has 0 saturated carbocycles. The first-order chi connectivity index (χ1) is 6.75. The quantitative estimate of drug-likeness (QED) is 0.606. The van der Waals surface area contributed by atoms with Gasteiger partial charge in [0.15, 0.2) is 0 Å². The number of unbranched alkanes of at least 4 members (excludes halogenated alkanes) is 2. The van der Waals surface area contributed by atoms with E-state index in [0.717, 1.165) is 17.5 Å². The molecule has 0 aromatic carbocycles. The molecule has 0 aliphatic carbocycles. The molecule has 0 radical (unpaired) electrons. The van der Waals surface area contributed by atoms with E-state index in [1.165, 1.54) is 24.0 Å². The molecule has 14 heavy (non-hydrogen) atoms. The fraction of sp³-hybridized carbons (Fsp3) is 0.455. The largest absolute Gasteiger partial charge is 0.353 e. The van der Waals surface area contributed by atoms with Crippen LogP contribution in [0.15, 0.2) is 12.3 Å². The average molecular weight is 225 g/mol. The van der Waals surface area contributed by atoms with Crippen LogP contribution in [-0.2, 0) is 6.42 Å². The molecule has 1 nitrogen and oxygen atoms in total.